The van der Waals surface area contributed by atoms with Gasteiger partial charge in [0.25, 0.3) is 0 Å². The molecular weight excluding hydrogens is 210 g/mol. The molecule has 0 aliphatic heterocycles. The lowest BCUT2D eigenvalue weighted by atomic mass is 10.2. The Kier molecular flexibility index (Phi) is 5.14. The molecule has 0 radical (unpaired) electrons. The topological polar surface area (TPSA) is 64.1 Å². The first kappa shape index (κ1) is 12.5. The number of aromatic nitrogens is 2. The number of nitrogens with two attached hydrogens (primary N) is 1. The number of rotatable bonds is 6. The van der Waals surface area contributed by atoms with Crippen LogP contribution in [0.25, 0.3) is 0 Å². The van der Waals surface area contributed by atoms with Crippen molar-refractivity contribution >= 4 is 11.8 Å². The molecule has 2 unspecified atom stereocenters. The van der Waals surface area contributed by atoms with E-state index in [9.17, 15) is 0 Å². The maximum atomic E-state index is 9.00. The van der Waals surface area contributed by atoms with E-state index in [1.54, 1.807) is 12.5 Å². The molecule has 0 saturated heterocycles. The van der Waals surface area contributed by atoms with Gasteiger partial charge in [0, 0.05) is 12.7 Å². The second-order valence-corrected chi connectivity index (χ2v) is 4.73. The number of nitrogens with zero attached hydrogens (tertiary/aromatic N) is 2. The van der Waals surface area contributed by atoms with Gasteiger partial charge in [-0.15, -0.1) is 0 Å². The van der Waals surface area contributed by atoms with Crippen LogP contribution in [0.5, 0.6) is 0 Å². The lowest BCUT2D eigenvalue weighted by Crippen LogP contribution is -2.20. The molecule has 0 aliphatic carbocycles. The van der Waals surface area contributed by atoms with Gasteiger partial charge < -0.3 is 15.4 Å². The molecular formula is C10H19N3OS. The van der Waals surface area contributed by atoms with Gasteiger partial charge in [-0.2, -0.15) is 11.8 Å². The van der Waals surface area contributed by atoms with Crippen molar-refractivity contribution in [3.05, 3.63) is 18.2 Å². The standard InChI is InChI=1S/C10H19N3OS/c1-8(6-15-2)4-13-7-12-3-10(13)9(11)5-14/h3,7-9,14H,4-6,11H2,1-2H3. The summed E-state index contributed by atoms with van der Waals surface area (Å²) in [4.78, 5) is 4.07. The molecule has 0 fully saturated rings. The average molecular weight is 229 g/mol. The molecule has 0 amide bonds. The van der Waals surface area contributed by atoms with E-state index in [0.717, 1.165) is 18.0 Å². The Bertz CT molecular complexity index is 290. The molecule has 1 rings (SSSR count). The molecule has 4 nitrogen and oxygen atoms in total. The molecule has 3 N–H and O–H groups in total. The predicted octanol–water partition coefficient (Wildman–Crippen LogP) is 0.874. The average Bonchev–Trinajstić information content (AvgIpc) is 2.65. The van der Waals surface area contributed by atoms with E-state index >= 15 is 0 Å². The molecule has 0 spiro atoms. The van der Waals surface area contributed by atoms with Gasteiger partial charge in [0.1, 0.15) is 0 Å². The van der Waals surface area contributed by atoms with Crippen LogP contribution in [0.1, 0.15) is 18.7 Å². The summed E-state index contributed by atoms with van der Waals surface area (Å²) in [5.74, 6) is 1.70. The summed E-state index contributed by atoms with van der Waals surface area (Å²) >= 11 is 1.84. The highest BCUT2D eigenvalue weighted by molar-refractivity contribution is 7.98. The van der Waals surface area contributed by atoms with E-state index in [1.165, 1.54) is 0 Å². The molecule has 0 aromatic carbocycles. The van der Waals surface area contributed by atoms with Gasteiger partial charge in [-0.25, -0.2) is 4.98 Å². The second-order valence-electron chi connectivity index (χ2n) is 3.82. The van der Waals surface area contributed by atoms with E-state index in [0.29, 0.717) is 5.92 Å². The largest absolute Gasteiger partial charge is 0.394 e. The summed E-state index contributed by atoms with van der Waals surface area (Å²) in [6, 6.07) is -0.325. The smallest absolute Gasteiger partial charge is 0.0948 e. The van der Waals surface area contributed by atoms with Gasteiger partial charge >= 0.3 is 0 Å². The molecule has 2 atom stereocenters. The zero-order chi connectivity index (χ0) is 11.3. The van der Waals surface area contributed by atoms with Crippen LogP contribution in [0.15, 0.2) is 12.5 Å². The summed E-state index contributed by atoms with van der Waals surface area (Å²) in [7, 11) is 0. The minimum absolute atomic E-state index is 0.0391. The Morgan fingerprint density at radius 3 is 3.00 bits per heavy atom. The highest BCUT2D eigenvalue weighted by Gasteiger charge is 2.12. The second kappa shape index (κ2) is 6.15. The molecule has 5 heteroatoms. The highest BCUT2D eigenvalue weighted by Crippen LogP contribution is 2.13. The summed E-state index contributed by atoms with van der Waals surface area (Å²) in [6.07, 6.45) is 5.61. The van der Waals surface area contributed by atoms with E-state index < -0.39 is 0 Å². The molecule has 0 bridgehead atoms. The maximum Gasteiger partial charge on any atom is 0.0948 e. The Labute approximate surface area is 94.9 Å². The van der Waals surface area contributed by atoms with E-state index in [4.69, 9.17) is 10.8 Å². The lowest BCUT2D eigenvalue weighted by molar-refractivity contribution is 0.262. The number of aliphatic hydroxyl groups is 1. The number of hydrogen-bond acceptors (Lipinski definition) is 4. The van der Waals surface area contributed by atoms with Crippen LogP contribution in [0.3, 0.4) is 0 Å². The van der Waals surface area contributed by atoms with Crippen LogP contribution in [0, 0.1) is 5.92 Å². The Morgan fingerprint density at radius 2 is 2.40 bits per heavy atom. The Morgan fingerprint density at radius 1 is 1.67 bits per heavy atom. The van der Waals surface area contributed by atoms with E-state index in [-0.39, 0.29) is 12.6 Å². The van der Waals surface area contributed by atoms with Gasteiger partial charge in [-0.1, -0.05) is 6.92 Å². The van der Waals surface area contributed by atoms with Gasteiger partial charge in [0.05, 0.1) is 24.7 Å². The van der Waals surface area contributed by atoms with Gasteiger partial charge in [0.2, 0.25) is 0 Å². The van der Waals surface area contributed by atoms with Crippen LogP contribution in [0.4, 0.5) is 0 Å². The Balaban J connectivity index is 2.64. The monoisotopic (exact) mass is 229 g/mol. The van der Waals surface area contributed by atoms with Crippen molar-refractivity contribution < 1.29 is 5.11 Å². The quantitative estimate of drug-likeness (QED) is 0.760. The van der Waals surface area contributed by atoms with Crippen molar-refractivity contribution in [2.24, 2.45) is 11.7 Å². The summed E-state index contributed by atoms with van der Waals surface area (Å²) in [5.41, 5.74) is 6.68. The van der Waals surface area contributed by atoms with Crippen LogP contribution >= 0.6 is 11.8 Å². The highest BCUT2D eigenvalue weighted by atomic mass is 32.2. The zero-order valence-corrected chi connectivity index (χ0v) is 10.1. The molecule has 86 valence electrons. The van der Waals surface area contributed by atoms with Gasteiger partial charge in [-0.05, 0) is 17.9 Å². The fraction of sp³-hybridized carbons (Fsp3) is 0.700. The first-order valence-electron chi connectivity index (χ1n) is 5.04. The summed E-state index contributed by atoms with van der Waals surface area (Å²) < 4.78 is 2.03. The third-order valence-corrected chi connectivity index (χ3v) is 3.18. The summed E-state index contributed by atoms with van der Waals surface area (Å²) in [6.45, 7) is 3.07. The molecule has 1 heterocycles. The zero-order valence-electron chi connectivity index (χ0n) is 9.26. The Hall–Kier alpha value is -0.520. The minimum atomic E-state index is -0.325. The van der Waals surface area contributed by atoms with Crippen molar-refractivity contribution in [2.75, 3.05) is 18.6 Å². The van der Waals surface area contributed by atoms with Gasteiger partial charge in [-0.3, -0.25) is 0 Å². The maximum absolute atomic E-state index is 9.00. The van der Waals surface area contributed by atoms with Crippen molar-refractivity contribution in [3.8, 4) is 0 Å². The van der Waals surface area contributed by atoms with Crippen LogP contribution < -0.4 is 5.73 Å². The number of thioether (sulfide) groups is 1. The fourth-order valence-electron chi connectivity index (χ4n) is 1.56. The third-order valence-electron chi connectivity index (χ3n) is 2.28. The van der Waals surface area contributed by atoms with Gasteiger partial charge in [0.15, 0.2) is 0 Å². The minimum Gasteiger partial charge on any atom is -0.394 e. The van der Waals surface area contributed by atoms with E-state index in [1.807, 2.05) is 16.3 Å². The van der Waals surface area contributed by atoms with Crippen molar-refractivity contribution in [1.82, 2.24) is 9.55 Å². The molecule has 15 heavy (non-hydrogen) atoms. The number of aliphatic hydroxyl groups excluding tert-OH is 1. The van der Waals surface area contributed by atoms with Crippen LogP contribution in [-0.2, 0) is 6.54 Å². The summed E-state index contributed by atoms with van der Waals surface area (Å²) in [5, 5.41) is 9.00. The number of imidazole rings is 1. The molecule has 0 aliphatic rings. The van der Waals surface area contributed by atoms with Crippen LogP contribution in [0.2, 0.25) is 0 Å². The van der Waals surface area contributed by atoms with Crippen LogP contribution in [-0.4, -0.2) is 33.3 Å². The van der Waals surface area contributed by atoms with Crippen molar-refractivity contribution in [3.63, 3.8) is 0 Å². The predicted molar refractivity (Wildman–Crippen MR) is 63.8 cm³/mol. The SMILES string of the molecule is CSCC(C)Cn1cncc1C(N)CO. The third kappa shape index (κ3) is 3.52. The van der Waals surface area contributed by atoms with E-state index in [2.05, 4.69) is 18.2 Å². The normalized spacial score (nSPS) is 15.2. The molecule has 0 saturated carbocycles. The first-order chi connectivity index (χ1) is 7.19. The lowest BCUT2D eigenvalue weighted by Gasteiger charge is -2.16. The van der Waals surface area contributed by atoms with Crippen molar-refractivity contribution in [1.29, 1.82) is 0 Å². The molecule has 1 aromatic heterocycles. The molecule has 1 aromatic rings. The number of hydrogen-bond donors (Lipinski definition) is 2. The first-order valence-corrected chi connectivity index (χ1v) is 6.43. The fourth-order valence-corrected chi connectivity index (χ4v) is 2.23. The van der Waals surface area contributed by atoms with Crippen molar-refractivity contribution in [2.45, 2.75) is 19.5 Å².